The first-order chi connectivity index (χ1) is 7.50. The summed E-state index contributed by atoms with van der Waals surface area (Å²) in [6, 6.07) is -0.104. The second-order valence-corrected chi connectivity index (χ2v) is 5.14. The summed E-state index contributed by atoms with van der Waals surface area (Å²) >= 11 is 0. The van der Waals surface area contributed by atoms with E-state index < -0.39 is 12.0 Å². The summed E-state index contributed by atoms with van der Waals surface area (Å²) in [7, 11) is 2.08. The Hall–Kier alpha value is -0.610. The van der Waals surface area contributed by atoms with Gasteiger partial charge in [0.05, 0.1) is 0 Å². The lowest BCUT2D eigenvalue weighted by Gasteiger charge is -2.34. The van der Waals surface area contributed by atoms with E-state index >= 15 is 0 Å². The van der Waals surface area contributed by atoms with Gasteiger partial charge in [-0.15, -0.1) is 0 Å². The molecule has 0 aromatic heterocycles. The summed E-state index contributed by atoms with van der Waals surface area (Å²) in [4.78, 5) is 12.9. The zero-order valence-electron chi connectivity index (χ0n) is 10.4. The van der Waals surface area contributed by atoms with Gasteiger partial charge in [0.1, 0.15) is 6.04 Å². The Bertz CT molecular complexity index is 233. The first-order valence-corrected chi connectivity index (χ1v) is 6.19. The zero-order chi connectivity index (χ0) is 12.1. The molecule has 0 saturated heterocycles. The molecule has 4 nitrogen and oxygen atoms in total. The van der Waals surface area contributed by atoms with Crippen molar-refractivity contribution < 1.29 is 9.90 Å². The SMILES string of the molecule is CC1CCCC(N(C)CCC(N)C(=O)O)C1. The third-order valence-electron chi connectivity index (χ3n) is 3.64. The van der Waals surface area contributed by atoms with Crippen molar-refractivity contribution in [3.63, 3.8) is 0 Å². The number of nitrogens with two attached hydrogens (primary N) is 1. The molecule has 94 valence electrons. The van der Waals surface area contributed by atoms with Crippen molar-refractivity contribution in [1.29, 1.82) is 0 Å². The van der Waals surface area contributed by atoms with Crippen LogP contribution in [0.15, 0.2) is 0 Å². The molecule has 0 radical (unpaired) electrons. The Balaban J connectivity index is 2.28. The Morgan fingerprint density at radius 2 is 2.25 bits per heavy atom. The van der Waals surface area contributed by atoms with Crippen LogP contribution in [0, 0.1) is 5.92 Å². The minimum absolute atomic E-state index is 0.538. The van der Waals surface area contributed by atoms with Gasteiger partial charge in [-0.3, -0.25) is 4.79 Å². The Labute approximate surface area is 97.8 Å². The first-order valence-electron chi connectivity index (χ1n) is 6.19. The molecule has 3 atom stereocenters. The van der Waals surface area contributed by atoms with Crippen LogP contribution in [0.2, 0.25) is 0 Å². The zero-order valence-corrected chi connectivity index (χ0v) is 10.4. The molecule has 3 unspecified atom stereocenters. The van der Waals surface area contributed by atoms with Crippen LogP contribution in [0.25, 0.3) is 0 Å². The van der Waals surface area contributed by atoms with Crippen LogP contribution >= 0.6 is 0 Å². The van der Waals surface area contributed by atoms with Crippen LogP contribution in [-0.2, 0) is 4.79 Å². The highest BCUT2D eigenvalue weighted by molar-refractivity contribution is 5.72. The van der Waals surface area contributed by atoms with Gasteiger partial charge in [-0.25, -0.2) is 0 Å². The van der Waals surface area contributed by atoms with Gasteiger partial charge in [-0.2, -0.15) is 0 Å². The van der Waals surface area contributed by atoms with Gasteiger partial charge < -0.3 is 15.7 Å². The maximum Gasteiger partial charge on any atom is 0.320 e. The van der Waals surface area contributed by atoms with Crippen molar-refractivity contribution in [2.45, 2.75) is 51.1 Å². The molecular formula is C12H24N2O2. The molecule has 0 aliphatic heterocycles. The molecule has 1 rings (SSSR count). The van der Waals surface area contributed by atoms with Gasteiger partial charge in [0, 0.05) is 12.6 Å². The van der Waals surface area contributed by atoms with Crippen LogP contribution in [0.3, 0.4) is 0 Å². The van der Waals surface area contributed by atoms with E-state index in [1.165, 1.54) is 25.7 Å². The molecule has 0 amide bonds. The average Bonchev–Trinajstić information content (AvgIpc) is 2.25. The molecule has 1 fully saturated rings. The van der Waals surface area contributed by atoms with Gasteiger partial charge >= 0.3 is 5.97 Å². The standard InChI is InChI=1S/C12H24N2O2/c1-9-4-3-5-10(8-9)14(2)7-6-11(13)12(15)16/h9-11H,3-8,13H2,1-2H3,(H,15,16). The maximum absolute atomic E-state index is 10.6. The van der Waals surface area contributed by atoms with E-state index in [1.807, 2.05) is 0 Å². The number of nitrogens with zero attached hydrogens (tertiary/aromatic N) is 1. The summed E-state index contributed by atoms with van der Waals surface area (Å²) in [5, 5.41) is 8.70. The third-order valence-corrected chi connectivity index (χ3v) is 3.64. The van der Waals surface area contributed by atoms with Gasteiger partial charge in [-0.1, -0.05) is 19.8 Å². The Morgan fingerprint density at radius 3 is 2.81 bits per heavy atom. The Kier molecular flexibility index (Phi) is 5.22. The van der Waals surface area contributed by atoms with Crippen LogP contribution in [0.1, 0.15) is 39.0 Å². The third kappa shape index (κ3) is 4.10. The minimum Gasteiger partial charge on any atom is -0.480 e. The Morgan fingerprint density at radius 1 is 1.56 bits per heavy atom. The molecular weight excluding hydrogens is 204 g/mol. The normalized spacial score (nSPS) is 28.0. The molecule has 0 aromatic carbocycles. The summed E-state index contributed by atoms with van der Waals surface area (Å²) in [6.45, 7) is 3.08. The molecule has 0 bridgehead atoms. The monoisotopic (exact) mass is 228 g/mol. The lowest BCUT2D eigenvalue weighted by atomic mass is 9.86. The smallest absolute Gasteiger partial charge is 0.320 e. The molecule has 0 aromatic rings. The number of aliphatic carboxylic acids is 1. The van der Waals surface area contributed by atoms with E-state index in [4.69, 9.17) is 10.8 Å². The van der Waals surface area contributed by atoms with Crippen LogP contribution in [0.4, 0.5) is 0 Å². The second kappa shape index (κ2) is 6.21. The minimum atomic E-state index is -0.898. The van der Waals surface area contributed by atoms with Gasteiger partial charge in [-0.05, 0) is 32.2 Å². The second-order valence-electron chi connectivity index (χ2n) is 5.14. The highest BCUT2D eigenvalue weighted by Crippen LogP contribution is 2.26. The number of hydrogen-bond donors (Lipinski definition) is 2. The number of rotatable bonds is 5. The molecule has 4 heteroatoms. The van der Waals surface area contributed by atoms with Crippen LogP contribution < -0.4 is 5.73 Å². The molecule has 1 aliphatic rings. The van der Waals surface area contributed by atoms with Gasteiger partial charge in [0.25, 0.3) is 0 Å². The van der Waals surface area contributed by atoms with Crippen molar-refractivity contribution >= 4 is 5.97 Å². The van der Waals surface area contributed by atoms with Gasteiger partial charge in [0.15, 0.2) is 0 Å². The highest BCUT2D eigenvalue weighted by Gasteiger charge is 2.23. The molecule has 0 spiro atoms. The molecule has 16 heavy (non-hydrogen) atoms. The number of carboxylic acids is 1. The van der Waals surface area contributed by atoms with Crippen LogP contribution in [-0.4, -0.2) is 41.7 Å². The van der Waals surface area contributed by atoms with Crippen LogP contribution in [0.5, 0.6) is 0 Å². The molecule has 0 heterocycles. The van der Waals surface area contributed by atoms with Gasteiger partial charge in [0.2, 0.25) is 0 Å². The van der Waals surface area contributed by atoms with Crippen molar-refractivity contribution in [1.82, 2.24) is 4.90 Å². The first kappa shape index (κ1) is 13.5. The fourth-order valence-corrected chi connectivity index (χ4v) is 2.45. The summed E-state index contributed by atoms with van der Waals surface area (Å²) in [6.07, 6.45) is 5.64. The number of hydrogen-bond acceptors (Lipinski definition) is 3. The van der Waals surface area contributed by atoms with E-state index in [-0.39, 0.29) is 0 Å². The fraction of sp³-hybridized carbons (Fsp3) is 0.917. The summed E-state index contributed by atoms with van der Waals surface area (Å²) in [5.41, 5.74) is 5.50. The lowest BCUT2D eigenvalue weighted by Crippen LogP contribution is -2.40. The number of carbonyl (C=O) groups is 1. The average molecular weight is 228 g/mol. The predicted molar refractivity (Wildman–Crippen MR) is 64.3 cm³/mol. The fourth-order valence-electron chi connectivity index (χ4n) is 2.45. The van der Waals surface area contributed by atoms with E-state index in [0.717, 1.165) is 12.5 Å². The van der Waals surface area contributed by atoms with Crippen molar-refractivity contribution in [3.05, 3.63) is 0 Å². The summed E-state index contributed by atoms with van der Waals surface area (Å²) in [5.74, 6) is -0.0974. The lowest BCUT2D eigenvalue weighted by molar-refractivity contribution is -0.138. The molecule has 1 aliphatic carbocycles. The number of carboxylic acid groups (broad SMARTS) is 1. The topological polar surface area (TPSA) is 66.6 Å². The molecule has 3 N–H and O–H groups in total. The largest absolute Gasteiger partial charge is 0.480 e. The summed E-state index contributed by atoms with van der Waals surface area (Å²) < 4.78 is 0. The quantitative estimate of drug-likeness (QED) is 0.744. The van der Waals surface area contributed by atoms with Crippen molar-refractivity contribution in [2.24, 2.45) is 11.7 Å². The van der Waals surface area contributed by atoms with E-state index in [1.54, 1.807) is 0 Å². The van der Waals surface area contributed by atoms with Crippen molar-refractivity contribution in [2.75, 3.05) is 13.6 Å². The van der Waals surface area contributed by atoms with E-state index in [9.17, 15) is 4.79 Å². The van der Waals surface area contributed by atoms with Crippen molar-refractivity contribution in [3.8, 4) is 0 Å². The maximum atomic E-state index is 10.6. The highest BCUT2D eigenvalue weighted by atomic mass is 16.4. The van der Waals surface area contributed by atoms with E-state index in [2.05, 4.69) is 18.9 Å². The molecule has 1 saturated carbocycles. The predicted octanol–water partition coefficient (Wildman–Crippen LogP) is 1.30. The van der Waals surface area contributed by atoms with E-state index in [0.29, 0.717) is 12.5 Å².